The lowest BCUT2D eigenvalue weighted by Gasteiger charge is -2.00. The second kappa shape index (κ2) is 6.18. The topological polar surface area (TPSA) is 56.5 Å². The zero-order chi connectivity index (χ0) is 13.7. The maximum Gasteiger partial charge on any atom is 0.305 e. The minimum Gasteiger partial charge on any atom is -0.466 e. The number of ketones is 1. The van der Waals surface area contributed by atoms with Crippen LogP contribution in [0.5, 0.6) is 0 Å². The Balaban J connectivity index is 1.91. The van der Waals surface area contributed by atoms with E-state index in [1.54, 1.807) is 13.0 Å². The number of hydrogen-bond acceptors (Lipinski definition) is 4. The van der Waals surface area contributed by atoms with E-state index in [1.165, 1.54) is 0 Å². The number of benzene rings is 1. The number of hydrogen-bond donors (Lipinski definition) is 0. The smallest absolute Gasteiger partial charge is 0.305 e. The molecule has 19 heavy (non-hydrogen) atoms. The normalized spacial score (nSPS) is 10.6. The summed E-state index contributed by atoms with van der Waals surface area (Å²) in [7, 11) is 0. The molecule has 0 saturated carbocycles. The van der Waals surface area contributed by atoms with Crippen LogP contribution in [0.15, 0.2) is 34.7 Å². The van der Waals surface area contributed by atoms with Gasteiger partial charge in [-0.1, -0.05) is 18.2 Å². The summed E-state index contributed by atoms with van der Waals surface area (Å²) in [6, 6.07) is 9.22. The Morgan fingerprint density at radius 3 is 2.74 bits per heavy atom. The summed E-state index contributed by atoms with van der Waals surface area (Å²) in [5.41, 5.74) is 0.705. The zero-order valence-corrected chi connectivity index (χ0v) is 10.8. The second-order valence-electron chi connectivity index (χ2n) is 4.23. The molecule has 4 heteroatoms. The summed E-state index contributed by atoms with van der Waals surface area (Å²) in [5.74, 6) is 0.00506. The first-order chi connectivity index (χ1) is 9.20. The van der Waals surface area contributed by atoms with E-state index < -0.39 is 0 Å². The molecule has 2 aromatic rings. The molecule has 1 heterocycles. The maximum absolute atomic E-state index is 11.9. The summed E-state index contributed by atoms with van der Waals surface area (Å²) in [6.07, 6.45) is 1.03. The van der Waals surface area contributed by atoms with Crippen molar-refractivity contribution in [3.63, 3.8) is 0 Å². The van der Waals surface area contributed by atoms with Crippen LogP contribution in [-0.4, -0.2) is 18.4 Å². The minimum absolute atomic E-state index is 0.0829. The highest BCUT2D eigenvalue weighted by Gasteiger charge is 2.12. The minimum atomic E-state index is -0.264. The summed E-state index contributed by atoms with van der Waals surface area (Å²) in [6.45, 7) is 2.13. The standard InChI is InChI=1S/C15H16O4/c1-2-18-15(17)9-5-7-12(16)14-10-11-6-3-4-8-13(11)19-14/h3-4,6,8,10H,2,5,7,9H2,1H3. The molecule has 0 aliphatic rings. The molecule has 0 bridgehead atoms. The molecular weight excluding hydrogens is 244 g/mol. The number of furan rings is 1. The largest absolute Gasteiger partial charge is 0.466 e. The van der Waals surface area contributed by atoms with E-state index >= 15 is 0 Å². The van der Waals surface area contributed by atoms with Crippen LogP contribution in [0, 0.1) is 0 Å². The van der Waals surface area contributed by atoms with Crippen molar-refractivity contribution in [1.82, 2.24) is 0 Å². The monoisotopic (exact) mass is 260 g/mol. The molecule has 0 aliphatic carbocycles. The van der Waals surface area contributed by atoms with Crippen LogP contribution in [0.4, 0.5) is 0 Å². The number of Topliss-reactive ketones (excluding diaryl/α,β-unsaturated/α-hetero) is 1. The molecule has 0 amide bonds. The van der Waals surface area contributed by atoms with Crippen LogP contribution >= 0.6 is 0 Å². The fourth-order valence-electron chi connectivity index (χ4n) is 1.87. The van der Waals surface area contributed by atoms with Gasteiger partial charge in [-0.05, 0) is 25.5 Å². The van der Waals surface area contributed by atoms with Crippen LogP contribution in [0.1, 0.15) is 36.7 Å². The Kier molecular flexibility index (Phi) is 4.34. The molecule has 0 spiro atoms. The molecule has 0 radical (unpaired) electrons. The van der Waals surface area contributed by atoms with Gasteiger partial charge in [-0.2, -0.15) is 0 Å². The van der Waals surface area contributed by atoms with Crippen molar-refractivity contribution >= 4 is 22.7 Å². The molecule has 1 aromatic heterocycles. The van der Waals surface area contributed by atoms with E-state index in [0.29, 0.717) is 30.8 Å². The molecule has 0 atom stereocenters. The van der Waals surface area contributed by atoms with Crippen molar-refractivity contribution < 1.29 is 18.7 Å². The first-order valence-corrected chi connectivity index (χ1v) is 6.38. The fourth-order valence-corrected chi connectivity index (χ4v) is 1.87. The lowest BCUT2D eigenvalue weighted by atomic mass is 10.1. The summed E-state index contributed by atoms with van der Waals surface area (Å²) in [5, 5.41) is 0.913. The summed E-state index contributed by atoms with van der Waals surface area (Å²) in [4.78, 5) is 23.1. The average molecular weight is 260 g/mol. The number of carbonyl (C=O) groups is 2. The highest BCUT2D eigenvalue weighted by atomic mass is 16.5. The summed E-state index contributed by atoms with van der Waals surface area (Å²) >= 11 is 0. The van der Waals surface area contributed by atoms with Crippen LogP contribution < -0.4 is 0 Å². The van der Waals surface area contributed by atoms with Crippen molar-refractivity contribution in [2.75, 3.05) is 6.61 Å². The molecule has 0 fully saturated rings. The van der Waals surface area contributed by atoms with E-state index in [4.69, 9.17) is 9.15 Å². The molecule has 4 nitrogen and oxygen atoms in total. The van der Waals surface area contributed by atoms with Gasteiger partial charge in [-0.3, -0.25) is 9.59 Å². The van der Waals surface area contributed by atoms with Gasteiger partial charge in [0.05, 0.1) is 6.61 Å². The van der Waals surface area contributed by atoms with E-state index in [2.05, 4.69) is 0 Å². The van der Waals surface area contributed by atoms with Gasteiger partial charge in [0.15, 0.2) is 11.5 Å². The SMILES string of the molecule is CCOC(=O)CCCC(=O)c1cc2ccccc2o1. The third kappa shape index (κ3) is 3.44. The molecule has 0 unspecified atom stereocenters. The molecule has 2 rings (SSSR count). The average Bonchev–Trinajstić information content (AvgIpc) is 2.82. The highest BCUT2D eigenvalue weighted by Crippen LogP contribution is 2.20. The molecule has 0 N–H and O–H groups in total. The third-order valence-corrected chi connectivity index (χ3v) is 2.79. The van der Waals surface area contributed by atoms with Crippen molar-refractivity contribution in [3.8, 4) is 0 Å². The Morgan fingerprint density at radius 2 is 2.00 bits per heavy atom. The molecular formula is C15H16O4. The Hall–Kier alpha value is -2.10. The zero-order valence-electron chi connectivity index (χ0n) is 10.8. The van der Waals surface area contributed by atoms with Crippen LogP contribution in [0.2, 0.25) is 0 Å². The molecule has 0 aliphatic heterocycles. The number of rotatable bonds is 6. The van der Waals surface area contributed by atoms with E-state index in [-0.39, 0.29) is 18.2 Å². The number of carbonyl (C=O) groups excluding carboxylic acids is 2. The van der Waals surface area contributed by atoms with Crippen molar-refractivity contribution in [1.29, 1.82) is 0 Å². The fraction of sp³-hybridized carbons (Fsp3) is 0.333. The van der Waals surface area contributed by atoms with Gasteiger partial charge in [-0.25, -0.2) is 0 Å². The number of fused-ring (bicyclic) bond motifs is 1. The maximum atomic E-state index is 11.9. The van der Waals surface area contributed by atoms with Gasteiger partial charge < -0.3 is 9.15 Å². The molecule has 0 saturated heterocycles. The number of para-hydroxylation sites is 1. The highest BCUT2D eigenvalue weighted by molar-refractivity contribution is 5.97. The lowest BCUT2D eigenvalue weighted by molar-refractivity contribution is -0.143. The number of esters is 1. The molecule has 1 aromatic carbocycles. The van der Waals surface area contributed by atoms with Gasteiger partial charge in [0, 0.05) is 18.2 Å². The Morgan fingerprint density at radius 1 is 1.21 bits per heavy atom. The van der Waals surface area contributed by atoms with Gasteiger partial charge in [-0.15, -0.1) is 0 Å². The van der Waals surface area contributed by atoms with Crippen molar-refractivity contribution in [2.45, 2.75) is 26.2 Å². The van der Waals surface area contributed by atoms with E-state index in [9.17, 15) is 9.59 Å². The van der Waals surface area contributed by atoms with Gasteiger partial charge in [0.25, 0.3) is 0 Å². The van der Waals surface area contributed by atoms with E-state index in [0.717, 1.165) is 5.39 Å². The Labute approximate surface area is 111 Å². The van der Waals surface area contributed by atoms with Crippen LogP contribution in [0.25, 0.3) is 11.0 Å². The molecule has 100 valence electrons. The van der Waals surface area contributed by atoms with Crippen molar-refractivity contribution in [2.24, 2.45) is 0 Å². The van der Waals surface area contributed by atoms with Gasteiger partial charge >= 0.3 is 5.97 Å². The first-order valence-electron chi connectivity index (χ1n) is 6.38. The third-order valence-electron chi connectivity index (χ3n) is 2.79. The van der Waals surface area contributed by atoms with Crippen LogP contribution in [0.3, 0.4) is 0 Å². The Bertz CT molecular complexity index is 550. The quantitative estimate of drug-likeness (QED) is 0.590. The van der Waals surface area contributed by atoms with Crippen molar-refractivity contribution in [3.05, 3.63) is 36.1 Å². The van der Waals surface area contributed by atoms with Gasteiger partial charge in [0.1, 0.15) is 5.58 Å². The van der Waals surface area contributed by atoms with E-state index in [1.807, 2.05) is 24.3 Å². The lowest BCUT2D eigenvalue weighted by Crippen LogP contribution is -2.05. The predicted octanol–water partition coefficient (Wildman–Crippen LogP) is 3.35. The predicted molar refractivity (Wildman–Crippen MR) is 71.0 cm³/mol. The second-order valence-corrected chi connectivity index (χ2v) is 4.23. The number of ether oxygens (including phenoxy) is 1. The summed E-state index contributed by atoms with van der Waals surface area (Å²) < 4.78 is 10.3. The van der Waals surface area contributed by atoms with Gasteiger partial charge in [0.2, 0.25) is 0 Å². The first kappa shape index (κ1) is 13.3. The van der Waals surface area contributed by atoms with Crippen LogP contribution in [-0.2, 0) is 9.53 Å².